The molecule has 0 saturated heterocycles. The van der Waals surface area contributed by atoms with Gasteiger partial charge in [-0.15, -0.1) is 0 Å². The van der Waals surface area contributed by atoms with Crippen LogP contribution in [0.15, 0.2) is 57.5 Å². The summed E-state index contributed by atoms with van der Waals surface area (Å²) >= 11 is 9.40. The van der Waals surface area contributed by atoms with E-state index >= 15 is 0 Å². The third kappa shape index (κ3) is 5.95. The standard InChI is InChI=1S/C20H24Br2S/c1-15(17-7-3-5-9-19(17)21)11-13-23-14-12-16(2)18-8-4-6-10-20(18)22/h3-10,15-16H,11-14H2,1-2H3. The van der Waals surface area contributed by atoms with Gasteiger partial charge in [-0.2, -0.15) is 11.8 Å². The Hall–Kier alpha value is -0.250. The van der Waals surface area contributed by atoms with Crippen LogP contribution in [0.2, 0.25) is 0 Å². The monoisotopic (exact) mass is 454 g/mol. The second-order valence-corrected chi connectivity index (χ2v) is 8.97. The number of benzene rings is 2. The summed E-state index contributed by atoms with van der Waals surface area (Å²) in [5.41, 5.74) is 2.85. The van der Waals surface area contributed by atoms with Gasteiger partial charge in [-0.05, 0) is 59.4 Å². The van der Waals surface area contributed by atoms with Crippen molar-refractivity contribution in [1.82, 2.24) is 0 Å². The predicted octanol–water partition coefficient (Wildman–Crippen LogP) is 7.63. The molecule has 2 atom stereocenters. The van der Waals surface area contributed by atoms with Gasteiger partial charge < -0.3 is 0 Å². The molecule has 0 aromatic heterocycles. The van der Waals surface area contributed by atoms with Gasteiger partial charge >= 0.3 is 0 Å². The van der Waals surface area contributed by atoms with Gasteiger partial charge in [-0.1, -0.05) is 82.1 Å². The lowest BCUT2D eigenvalue weighted by Gasteiger charge is -2.15. The zero-order valence-corrected chi connectivity index (χ0v) is 17.8. The molecular formula is C20H24Br2S. The Morgan fingerprint density at radius 3 is 1.52 bits per heavy atom. The van der Waals surface area contributed by atoms with E-state index in [1.807, 2.05) is 0 Å². The van der Waals surface area contributed by atoms with Crippen LogP contribution in [0.25, 0.3) is 0 Å². The zero-order valence-electron chi connectivity index (χ0n) is 13.8. The summed E-state index contributed by atoms with van der Waals surface area (Å²) in [6.07, 6.45) is 2.47. The maximum atomic E-state index is 3.66. The van der Waals surface area contributed by atoms with Gasteiger partial charge in [0.2, 0.25) is 0 Å². The first kappa shape index (κ1) is 19.1. The van der Waals surface area contributed by atoms with Gasteiger partial charge in [0.25, 0.3) is 0 Å². The van der Waals surface area contributed by atoms with Crippen molar-refractivity contribution in [2.45, 2.75) is 38.5 Å². The van der Waals surface area contributed by atoms with Gasteiger partial charge in [-0.25, -0.2) is 0 Å². The quantitative estimate of drug-likeness (QED) is 0.368. The van der Waals surface area contributed by atoms with Crippen LogP contribution < -0.4 is 0 Å². The van der Waals surface area contributed by atoms with Crippen LogP contribution in [0.1, 0.15) is 49.7 Å². The average molecular weight is 456 g/mol. The molecule has 0 heterocycles. The minimum Gasteiger partial charge on any atom is -0.162 e. The fraction of sp³-hybridized carbons (Fsp3) is 0.400. The summed E-state index contributed by atoms with van der Waals surface area (Å²) < 4.78 is 2.47. The zero-order chi connectivity index (χ0) is 16.7. The van der Waals surface area contributed by atoms with Gasteiger partial charge in [-0.3, -0.25) is 0 Å². The molecule has 0 radical (unpaired) electrons. The van der Waals surface area contributed by atoms with Crippen molar-refractivity contribution >= 4 is 43.6 Å². The van der Waals surface area contributed by atoms with Crippen LogP contribution in [0.3, 0.4) is 0 Å². The minimum absolute atomic E-state index is 0.610. The number of thioether (sulfide) groups is 1. The highest BCUT2D eigenvalue weighted by Gasteiger charge is 2.10. The van der Waals surface area contributed by atoms with E-state index in [2.05, 4.69) is 106 Å². The normalized spacial score (nSPS) is 13.7. The van der Waals surface area contributed by atoms with E-state index in [1.54, 1.807) is 0 Å². The largest absolute Gasteiger partial charge is 0.162 e. The highest BCUT2D eigenvalue weighted by molar-refractivity contribution is 9.10. The summed E-state index contributed by atoms with van der Waals surface area (Å²) in [5, 5.41) is 0. The Balaban J connectivity index is 1.70. The van der Waals surface area contributed by atoms with Crippen LogP contribution in [0, 0.1) is 0 Å². The molecule has 0 aliphatic heterocycles. The second kappa shape index (κ2) is 9.90. The van der Waals surface area contributed by atoms with Gasteiger partial charge in [0.05, 0.1) is 0 Å². The third-order valence-electron chi connectivity index (χ3n) is 4.26. The maximum Gasteiger partial charge on any atom is 0.0210 e. The fourth-order valence-electron chi connectivity index (χ4n) is 2.68. The number of rotatable bonds is 8. The summed E-state index contributed by atoms with van der Waals surface area (Å²) in [4.78, 5) is 0. The third-order valence-corrected chi connectivity index (χ3v) is 6.76. The molecule has 0 N–H and O–H groups in total. The van der Waals surface area contributed by atoms with E-state index in [4.69, 9.17) is 0 Å². The average Bonchev–Trinajstić information content (AvgIpc) is 2.55. The topological polar surface area (TPSA) is 0 Å². The summed E-state index contributed by atoms with van der Waals surface area (Å²) in [7, 11) is 0. The van der Waals surface area contributed by atoms with E-state index in [0.717, 1.165) is 0 Å². The number of hydrogen-bond donors (Lipinski definition) is 0. The summed E-state index contributed by atoms with van der Waals surface area (Å²) in [6, 6.07) is 17.2. The lowest BCUT2D eigenvalue weighted by Crippen LogP contribution is -1.99. The molecule has 0 nitrogen and oxygen atoms in total. The molecule has 0 bridgehead atoms. The lowest BCUT2D eigenvalue weighted by atomic mass is 9.99. The molecule has 23 heavy (non-hydrogen) atoms. The molecular weight excluding hydrogens is 432 g/mol. The SMILES string of the molecule is CC(CCSCCC(C)c1ccccc1Br)c1ccccc1Br. The highest BCUT2D eigenvalue weighted by Crippen LogP contribution is 2.30. The first-order valence-corrected chi connectivity index (χ1v) is 10.9. The molecule has 0 saturated carbocycles. The Morgan fingerprint density at radius 2 is 1.13 bits per heavy atom. The van der Waals surface area contributed by atoms with E-state index in [-0.39, 0.29) is 0 Å². The van der Waals surface area contributed by atoms with E-state index < -0.39 is 0 Å². The van der Waals surface area contributed by atoms with E-state index in [0.29, 0.717) is 11.8 Å². The number of hydrogen-bond acceptors (Lipinski definition) is 1. The maximum absolute atomic E-state index is 3.66. The van der Waals surface area contributed by atoms with Crippen molar-refractivity contribution in [2.24, 2.45) is 0 Å². The fourth-order valence-corrected chi connectivity index (χ4v) is 5.28. The van der Waals surface area contributed by atoms with Crippen LogP contribution in [-0.4, -0.2) is 11.5 Å². The molecule has 0 spiro atoms. The van der Waals surface area contributed by atoms with Crippen LogP contribution in [0.4, 0.5) is 0 Å². The van der Waals surface area contributed by atoms with Crippen LogP contribution >= 0.6 is 43.6 Å². The van der Waals surface area contributed by atoms with Crippen molar-refractivity contribution in [3.63, 3.8) is 0 Å². The Labute approximate surface area is 161 Å². The van der Waals surface area contributed by atoms with Crippen molar-refractivity contribution in [2.75, 3.05) is 11.5 Å². The Bertz CT molecular complexity index is 559. The Kier molecular flexibility index (Phi) is 8.22. The van der Waals surface area contributed by atoms with Crippen LogP contribution in [-0.2, 0) is 0 Å². The number of halogens is 2. The first-order valence-electron chi connectivity index (χ1n) is 8.16. The molecule has 0 amide bonds. The van der Waals surface area contributed by atoms with Crippen molar-refractivity contribution in [3.05, 3.63) is 68.6 Å². The smallest absolute Gasteiger partial charge is 0.0210 e. The predicted molar refractivity (Wildman–Crippen MR) is 112 cm³/mol. The molecule has 0 aliphatic rings. The first-order chi connectivity index (χ1) is 11.1. The van der Waals surface area contributed by atoms with Gasteiger partial charge in [0.15, 0.2) is 0 Å². The van der Waals surface area contributed by atoms with Crippen molar-refractivity contribution in [1.29, 1.82) is 0 Å². The van der Waals surface area contributed by atoms with Crippen molar-refractivity contribution < 1.29 is 0 Å². The second-order valence-electron chi connectivity index (χ2n) is 6.03. The van der Waals surface area contributed by atoms with Crippen LogP contribution in [0.5, 0.6) is 0 Å². The molecule has 0 aliphatic carbocycles. The molecule has 2 unspecified atom stereocenters. The molecule has 2 aromatic carbocycles. The summed E-state index contributed by atoms with van der Waals surface area (Å²) in [6.45, 7) is 4.65. The van der Waals surface area contributed by atoms with Crippen molar-refractivity contribution in [3.8, 4) is 0 Å². The van der Waals surface area contributed by atoms with E-state index in [1.165, 1.54) is 44.4 Å². The van der Waals surface area contributed by atoms with Gasteiger partial charge in [0, 0.05) is 8.95 Å². The lowest BCUT2D eigenvalue weighted by molar-refractivity contribution is 0.726. The molecule has 3 heteroatoms. The van der Waals surface area contributed by atoms with E-state index in [9.17, 15) is 0 Å². The minimum atomic E-state index is 0.610. The molecule has 2 aromatic rings. The summed E-state index contributed by atoms with van der Waals surface area (Å²) in [5.74, 6) is 3.67. The molecule has 0 fully saturated rings. The molecule has 2 rings (SSSR count). The highest BCUT2D eigenvalue weighted by atomic mass is 79.9. The Morgan fingerprint density at radius 1 is 0.739 bits per heavy atom. The molecule has 124 valence electrons. The van der Waals surface area contributed by atoms with Gasteiger partial charge in [0.1, 0.15) is 0 Å².